The van der Waals surface area contributed by atoms with E-state index in [0.717, 1.165) is 11.1 Å². The third-order valence-corrected chi connectivity index (χ3v) is 3.43. The average Bonchev–Trinajstić information content (AvgIpc) is 3.14. The second-order valence-electron chi connectivity index (χ2n) is 5.03. The van der Waals surface area contributed by atoms with Crippen LogP contribution in [0.4, 0.5) is 11.7 Å². The van der Waals surface area contributed by atoms with Crippen molar-refractivity contribution in [3.63, 3.8) is 0 Å². The molecule has 0 spiro atoms. The first kappa shape index (κ1) is 14.8. The fourth-order valence-corrected chi connectivity index (χ4v) is 2.15. The number of aromatic nitrogens is 2. The van der Waals surface area contributed by atoms with E-state index in [1.165, 1.54) is 6.07 Å². The van der Waals surface area contributed by atoms with Crippen molar-refractivity contribution >= 4 is 11.7 Å². The molecule has 1 N–H and O–H groups in total. The van der Waals surface area contributed by atoms with E-state index in [4.69, 9.17) is 8.83 Å². The Labute approximate surface area is 131 Å². The predicted molar refractivity (Wildman–Crippen MR) is 81.9 cm³/mol. The van der Waals surface area contributed by atoms with Gasteiger partial charge in [-0.3, -0.25) is 10.1 Å². The van der Waals surface area contributed by atoms with Gasteiger partial charge in [0.15, 0.2) is 0 Å². The van der Waals surface area contributed by atoms with Gasteiger partial charge in [0.2, 0.25) is 0 Å². The Balaban J connectivity index is 1.72. The molecule has 0 radical (unpaired) electrons. The molecular formula is C15H14N4O4. The van der Waals surface area contributed by atoms with Crippen molar-refractivity contribution < 1.29 is 13.8 Å². The minimum Gasteiger partial charge on any atom is -0.469 e. The maximum Gasteiger partial charge on any atom is 0.316 e. The number of hydrogen-bond donors (Lipinski definition) is 1. The smallest absolute Gasteiger partial charge is 0.316 e. The third kappa shape index (κ3) is 3.05. The molecule has 0 aliphatic rings. The zero-order chi connectivity index (χ0) is 16.4. The minimum atomic E-state index is -0.398. The summed E-state index contributed by atoms with van der Waals surface area (Å²) in [7, 11) is 0. The van der Waals surface area contributed by atoms with Gasteiger partial charge in [0.05, 0.1) is 16.7 Å². The number of nitro benzene ring substituents is 1. The zero-order valence-corrected chi connectivity index (χ0v) is 12.6. The van der Waals surface area contributed by atoms with Crippen molar-refractivity contribution in [2.75, 3.05) is 5.32 Å². The van der Waals surface area contributed by atoms with Crippen LogP contribution in [0.1, 0.15) is 16.9 Å². The van der Waals surface area contributed by atoms with Crippen molar-refractivity contribution in [1.82, 2.24) is 10.2 Å². The van der Waals surface area contributed by atoms with E-state index in [2.05, 4.69) is 15.5 Å². The molecule has 8 nitrogen and oxygen atoms in total. The molecule has 118 valence electrons. The molecule has 0 bridgehead atoms. The van der Waals surface area contributed by atoms with Crippen molar-refractivity contribution in [3.05, 3.63) is 57.5 Å². The normalized spacial score (nSPS) is 10.7. The molecule has 0 saturated heterocycles. The number of benzene rings is 1. The molecule has 23 heavy (non-hydrogen) atoms. The van der Waals surface area contributed by atoms with E-state index in [9.17, 15) is 10.1 Å². The van der Waals surface area contributed by atoms with E-state index < -0.39 is 4.92 Å². The molecule has 0 atom stereocenters. The van der Waals surface area contributed by atoms with E-state index in [1.807, 2.05) is 6.07 Å². The van der Waals surface area contributed by atoms with Crippen LogP contribution in [0.15, 0.2) is 39.4 Å². The first-order valence-corrected chi connectivity index (χ1v) is 6.90. The predicted octanol–water partition coefficient (Wildman–Crippen LogP) is 3.47. The summed E-state index contributed by atoms with van der Waals surface area (Å²) < 4.78 is 10.7. The third-order valence-electron chi connectivity index (χ3n) is 3.43. The number of nitro groups is 1. The van der Waals surface area contributed by atoms with Gasteiger partial charge in [-0.2, -0.15) is 0 Å². The van der Waals surface area contributed by atoms with Gasteiger partial charge < -0.3 is 14.2 Å². The Morgan fingerprint density at radius 1 is 1.26 bits per heavy atom. The summed E-state index contributed by atoms with van der Waals surface area (Å²) in [5.41, 5.74) is 2.19. The Morgan fingerprint density at radius 3 is 2.78 bits per heavy atom. The highest BCUT2D eigenvalue weighted by Crippen LogP contribution is 2.24. The van der Waals surface area contributed by atoms with E-state index >= 15 is 0 Å². The SMILES string of the molecule is Cc1ccc(CNc2nnc(-c3ccoc3C)o2)cc1[N+](=O)[O-]. The minimum absolute atomic E-state index is 0.0875. The Hall–Kier alpha value is -3.16. The van der Waals surface area contributed by atoms with Crippen LogP contribution in [0.3, 0.4) is 0 Å². The van der Waals surface area contributed by atoms with Gasteiger partial charge in [0.1, 0.15) is 5.76 Å². The topological polar surface area (TPSA) is 107 Å². The van der Waals surface area contributed by atoms with Crippen molar-refractivity contribution in [2.24, 2.45) is 0 Å². The highest BCUT2D eigenvalue weighted by molar-refractivity contribution is 5.55. The highest BCUT2D eigenvalue weighted by Gasteiger charge is 2.14. The highest BCUT2D eigenvalue weighted by atomic mass is 16.6. The van der Waals surface area contributed by atoms with Gasteiger partial charge in [0, 0.05) is 18.2 Å². The molecule has 0 aliphatic heterocycles. The van der Waals surface area contributed by atoms with Crippen LogP contribution in [-0.2, 0) is 6.54 Å². The summed E-state index contributed by atoms with van der Waals surface area (Å²) in [5.74, 6) is 1.04. The molecule has 2 heterocycles. The van der Waals surface area contributed by atoms with Crippen LogP contribution in [0.5, 0.6) is 0 Å². The molecule has 0 fully saturated rings. The molecule has 8 heteroatoms. The van der Waals surface area contributed by atoms with Crippen LogP contribution in [0, 0.1) is 24.0 Å². The lowest BCUT2D eigenvalue weighted by atomic mass is 10.1. The molecule has 3 rings (SSSR count). The van der Waals surface area contributed by atoms with Crippen molar-refractivity contribution in [2.45, 2.75) is 20.4 Å². The number of nitrogens with one attached hydrogen (secondary N) is 1. The summed E-state index contributed by atoms with van der Waals surface area (Å²) in [5, 5.41) is 21.7. The van der Waals surface area contributed by atoms with Crippen LogP contribution in [0.25, 0.3) is 11.5 Å². The van der Waals surface area contributed by atoms with Gasteiger partial charge in [-0.1, -0.05) is 17.2 Å². The summed E-state index contributed by atoms with van der Waals surface area (Å²) >= 11 is 0. The van der Waals surface area contributed by atoms with E-state index in [-0.39, 0.29) is 11.7 Å². The standard InChI is InChI=1S/C15H14N4O4/c1-9-3-4-11(7-13(9)19(20)21)8-16-15-18-17-14(23-15)12-5-6-22-10(12)2/h3-7H,8H2,1-2H3,(H,16,18). The van der Waals surface area contributed by atoms with Crippen LogP contribution in [0.2, 0.25) is 0 Å². The first-order chi connectivity index (χ1) is 11.0. The molecular weight excluding hydrogens is 300 g/mol. The van der Waals surface area contributed by atoms with Crippen molar-refractivity contribution in [1.29, 1.82) is 0 Å². The summed E-state index contributed by atoms with van der Waals surface area (Å²) in [6, 6.07) is 7.04. The quantitative estimate of drug-likeness (QED) is 0.567. The fourth-order valence-electron chi connectivity index (χ4n) is 2.15. The largest absolute Gasteiger partial charge is 0.469 e. The maximum atomic E-state index is 11.0. The van der Waals surface area contributed by atoms with E-state index in [0.29, 0.717) is 23.8 Å². The molecule has 1 aromatic carbocycles. The number of rotatable bonds is 5. The second-order valence-corrected chi connectivity index (χ2v) is 5.03. The summed E-state index contributed by atoms with van der Waals surface area (Å²) in [4.78, 5) is 10.6. The number of anilines is 1. The zero-order valence-electron chi connectivity index (χ0n) is 12.6. The van der Waals surface area contributed by atoms with Crippen LogP contribution in [-0.4, -0.2) is 15.1 Å². The molecule has 0 amide bonds. The van der Waals surface area contributed by atoms with Gasteiger partial charge in [-0.15, -0.1) is 5.10 Å². The second kappa shape index (κ2) is 5.91. The van der Waals surface area contributed by atoms with Gasteiger partial charge >= 0.3 is 6.01 Å². The Kier molecular flexibility index (Phi) is 3.80. The summed E-state index contributed by atoms with van der Waals surface area (Å²) in [6.07, 6.45) is 1.55. The number of furan rings is 1. The van der Waals surface area contributed by atoms with Crippen LogP contribution >= 0.6 is 0 Å². The molecule has 0 unspecified atom stereocenters. The van der Waals surface area contributed by atoms with E-state index in [1.54, 1.807) is 32.2 Å². The number of nitrogens with zero attached hydrogens (tertiary/aromatic N) is 3. The lowest BCUT2D eigenvalue weighted by molar-refractivity contribution is -0.385. The average molecular weight is 314 g/mol. The van der Waals surface area contributed by atoms with Gasteiger partial charge in [-0.05, 0) is 25.5 Å². The van der Waals surface area contributed by atoms with Gasteiger partial charge in [0.25, 0.3) is 11.6 Å². The lowest BCUT2D eigenvalue weighted by Gasteiger charge is -2.03. The fraction of sp³-hybridized carbons (Fsp3) is 0.200. The number of aryl methyl sites for hydroxylation is 2. The molecule has 2 aromatic heterocycles. The van der Waals surface area contributed by atoms with Crippen LogP contribution < -0.4 is 5.32 Å². The number of hydrogen-bond acceptors (Lipinski definition) is 7. The van der Waals surface area contributed by atoms with Crippen molar-refractivity contribution in [3.8, 4) is 11.5 Å². The lowest BCUT2D eigenvalue weighted by Crippen LogP contribution is -2.01. The molecule has 0 aliphatic carbocycles. The Morgan fingerprint density at radius 2 is 2.09 bits per heavy atom. The Bertz CT molecular complexity index is 853. The first-order valence-electron chi connectivity index (χ1n) is 6.90. The molecule has 3 aromatic rings. The monoisotopic (exact) mass is 314 g/mol. The van der Waals surface area contributed by atoms with Gasteiger partial charge in [-0.25, -0.2) is 0 Å². The molecule has 0 saturated carbocycles. The summed E-state index contributed by atoms with van der Waals surface area (Å²) in [6.45, 7) is 3.85. The maximum absolute atomic E-state index is 11.0.